The first kappa shape index (κ1) is 12.7. The van der Waals surface area contributed by atoms with Crippen LogP contribution in [0.1, 0.15) is 11.1 Å². The smallest absolute Gasteiger partial charge is 0.143 e. The maximum absolute atomic E-state index is 5.92. The predicted molar refractivity (Wildman–Crippen MR) is 79.4 cm³/mol. The Balaban J connectivity index is 2.17. The Bertz CT molecular complexity index is 552. The highest BCUT2D eigenvalue weighted by atomic mass is 79.9. The molecule has 0 heterocycles. The summed E-state index contributed by atoms with van der Waals surface area (Å²) in [7, 11) is 0. The molecule has 0 unspecified atom stereocenters. The third-order valence-corrected chi connectivity index (χ3v) is 3.27. The molecule has 0 radical (unpaired) electrons. The Morgan fingerprint density at radius 1 is 1.22 bits per heavy atom. The van der Waals surface area contributed by atoms with E-state index < -0.39 is 0 Å². The van der Waals surface area contributed by atoms with Gasteiger partial charge in [0.25, 0.3) is 0 Å². The van der Waals surface area contributed by atoms with Crippen LogP contribution in [0.25, 0.3) is 6.08 Å². The van der Waals surface area contributed by atoms with Gasteiger partial charge in [0.1, 0.15) is 12.4 Å². The summed E-state index contributed by atoms with van der Waals surface area (Å²) in [6.07, 6.45) is 1.76. The Morgan fingerprint density at radius 3 is 2.61 bits per heavy atom. The van der Waals surface area contributed by atoms with Crippen molar-refractivity contribution in [1.29, 1.82) is 0 Å². The van der Waals surface area contributed by atoms with Crippen molar-refractivity contribution in [3.8, 4) is 5.75 Å². The molecule has 0 fully saturated rings. The molecule has 0 aliphatic rings. The summed E-state index contributed by atoms with van der Waals surface area (Å²) in [6, 6.07) is 13.7. The van der Waals surface area contributed by atoms with Gasteiger partial charge in [0.15, 0.2) is 0 Å². The summed E-state index contributed by atoms with van der Waals surface area (Å²) in [5.74, 6) is 0.678. The molecule has 0 bridgehead atoms. The number of nitrogen functional groups attached to an aromatic ring is 1. The van der Waals surface area contributed by atoms with E-state index >= 15 is 0 Å². The molecular weight excluding hydrogens is 290 g/mol. The van der Waals surface area contributed by atoms with Crippen LogP contribution in [0.3, 0.4) is 0 Å². The molecule has 0 spiro atoms. The third-order valence-electron chi connectivity index (χ3n) is 2.59. The lowest BCUT2D eigenvalue weighted by atomic mass is 10.2. The van der Waals surface area contributed by atoms with Crippen LogP contribution in [0.15, 0.2) is 53.5 Å². The van der Waals surface area contributed by atoms with Crippen molar-refractivity contribution in [3.63, 3.8) is 0 Å². The quantitative estimate of drug-likeness (QED) is 0.857. The van der Waals surface area contributed by atoms with E-state index in [0.29, 0.717) is 18.0 Å². The summed E-state index contributed by atoms with van der Waals surface area (Å²) < 4.78 is 6.65. The average molecular weight is 304 g/mol. The first-order chi connectivity index (χ1) is 8.70. The highest BCUT2D eigenvalue weighted by Gasteiger charge is 2.05. The summed E-state index contributed by atoms with van der Waals surface area (Å²) in [4.78, 5) is 0. The van der Waals surface area contributed by atoms with Crippen LogP contribution in [0.4, 0.5) is 5.69 Å². The monoisotopic (exact) mass is 303 g/mol. The lowest BCUT2D eigenvalue weighted by Gasteiger charge is -2.11. The molecule has 18 heavy (non-hydrogen) atoms. The van der Waals surface area contributed by atoms with Crippen LogP contribution < -0.4 is 10.5 Å². The van der Waals surface area contributed by atoms with Crippen LogP contribution >= 0.6 is 15.9 Å². The largest absolute Gasteiger partial charge is 0.487 e. The Morgan fingerprint density at radius 2 is 1.94 bits per heavy atom. The van der Waals surface area contributed by atoms with Crippen molar-refractivity contribution >= 4 is 27.7 Å². The summed E-state index contributed by atoms with van der Waals surface area (Å²) in [6.45, 7) is 4.26. The van der Waals surface area contributed by atoms with Gasteiger partial charge >= 0.3 is 0 Å². The summed E-state index contributed by atoms with van der Waals surface area (Å²) >= 11 is 3.43. The number of nitrogens with two attached hydrogens (primary N) is 1. The topological polar surface area (TPSA) is 35.2 Å². The molecule has 0 saturated carbocycles. The molecular formula is C15H14BrNO. The van der Waals surface area contributed by atoms with Gasteiger partial charge in [0.2, 0.25) is 0 Å². The molecule has 2 nitrogen and oxygen atoms in total. The number of benzene rings is 2. The molecule has 0 atom stereocenters. The number of rotatable bonds is 4. The molecule has 0 amide bonds. The lowest BCUT2D eigenvalue weighted by molar-refractivity contribution is 0.308. The van der Waals surface area contributed by atoms with E-state index in [1.165, 1.54) is 0 Å². The van der Waals surface area contributed by atoms with Gasteiger partial charge in [-0.05, 0) is 23.3 Å². The van der Waals surface area contributed by atoms with E-state index in [-0.39, 0.29) is 0 Å². The van der Waals surface area contributed by atoms with Crippen molar-refractivity contribution < 1.29 is 4.74 Å². The minimum absolute atomic E-state index is 0.503. The lowest BCUT2D eigenvalue weighted by Crippen LogP contribution is -1.99. The first-order valence-corrected chi connectivity index (χ1v) is 6.38. The molecule has 2 N–H and O–H groups in total. The van der Waals surface area contributed by atoms with Gasteiger partial charge in [0, 0.05) is 4.47 Å². The van der Waals surface area contributed by atoms with Gasteiger partial charge < -0.3 is 10.5 Å². The van der Waals surface area contributed by atoms with Crippen LogP contribution in [0.5, 0.6) is 5.75 Å². The normalized spacial score (nSPS) is 10.1. The maximum Gasteiger partial charge on any atom is 0.143 e. The fourth-order valence-corrected chi connectivity index (χ4v) is 2.12. The van der Waals surface area contributed by atoms with E-state index in [4.69, 9.17) is 10.5 Å². The van der Waals surface area contributed by atoms with Gasteiger partial charge in [-0.3, -0.25) is 0 Å². The molecule has 2 aromatic rings. The van der Waals surface area contributed by atoms with Gasteiger partial charge in [-0.2, -0.15) is 0 Å². The SMILES string of the molecule is C=Cc1cc(OCc2ccccc2)c(N)cc1Br. The molecule has 0 aromatic heterocycles. The Kier molecular flexibility index (Phi) is 4.05. The minimum atomic E-state index is 0.503. The zero-order chi connectivity index (χ0) is 13.0. The van der Waals surface area contributed by atoms with Gasteiger partial charge in [-0.15, -0.1) is 0 Å². The van der Waals surface area contributed by atoms with Gasteiger partial charge in [0.05, 0.1) is 5.69 Å². The van der Waals surface area contributed by atoms with Crippen LogP contribution in [0, 0.1) is 0 Å². The van der Waals surface area contributed by atoms with Crippen LogP contribution in [0.2, 0.25) is 0 Å². The highest BCUT2D eigenvalue weighted by Crippen LogP contribution is 2.30. The minimum Gasteiger partial charge on any atom is -0.487 e. The van der Waals surface area contributed by atoms with Crippen molar-refractivity contribution in [2.45, 2.75) is 6.61 Å². The van der Waals surface area contributed by atoms with Crippen molar-refractivity contribution in [2.75, 3.05) is 5.73 Å². The number of hydrogen-bond acceptors (Lipinski definition) is 2. The number of anilines is 1. The second-order valence-electron chi connectivity index (χ2n) is 3.89. The Hall–Kier alpha value is -1.74. The van der Waals surface area contributed by atoms with E-state index in [1.807, 2.05) is 42.5 Å². The molecule has 0 aliphatic heterocycles. The second-order valence-corrected chi connectivity index (χ2v) is 4.74. The fraction of sp³-hybridized carbons (Fsp3) is 0.0667. The van der Waals surface area contributed by atoms with Crippen LogP contribution in [-0.4, -0.2) is 0 Å². The van der Waals surface area contributed by atoms with Crippen molar-refractivity contribution in [1.82, 2.24) is 0 Å². The maximum atomic E-state index is 5.92. The van der Waals surface area contributed by atoms with E-state index in [0.717, 1.165) is 15.6 Å². The summed E-state index contributed by atoms with van der Waals surface area (Å²) in [5, 5.41) is 0. The van der Waals surface area contributed by atoms with Crippen molar-refractivity contribution in [3.05, 3.63) is 64.6 Å². The zero-order valence-corrected chi connectivity index (χ0v) is 11.5. The first-order valence-electron chi connectivity index (χ1n) is 5.59. The Labute approximate surface area is 115 Å². The fourth-order valence-electron chi connectivity index (χ4n) is 1.60. The molecule has 0 saturated heterocycles. The zero-order valence-electron chi connectivity index (χ0n) is 9.90. The average Bonchev–Trinajstić information content (AvgIpc) is 2.39. The molecule has 92 valence electrons. The van der Waals surface area contributed by atoms with E-state index in [9.17, 15) is 0 Å². The standard InChI is InChI=1S/C15H14BrNO/c1-2-12-8-15(14(17)9-13(12)16)18-10-11-6-4-3-5-7-11/h2-9H,1,10,17H2. The highest BCUT2D eigenvalue weighted by molar-refractivity contribution is 9.10. The molecule has 2 aromatic carbocycles. The number of halogens is 1. The predicted octanol–water partition coefficient (Wildman–Crippen LogP) is 4.25. The van der Waals surface area contributed by atoms with Crippen molar-refractivity contribution in [2.24, 2.45) is 0 Å². The van der Waals surface area contributed by atoms with E-state index in [1.54, 1.807) is 6.08 Å². The number of hydrogen-bond donors (Lipinski definition) is 1. The third kappa shape index (κ3) is 2.93. The second kappa shape index (κ2) is 5.74. The van der Waals surface area contributed by atoms with Crippen LogP contribution in [-0.2, 0) is 6.61 Å². The summed E-state index contributed by atoms with van der Waals surface area (Å²) in [5.41, 5.74) is 8.61. The van der Waals surface area contributed by atoms with E-state index in [2.05, 4.69) is 22.5 Å². The number of ether oxygens (including phenoxy) is 1. The molecule has 2 rings (SSSR count). The van der Waals surface area contributed by atoms with Gasteiger partial charge in [-0.25, -0.2) is 0 Å². The van der Waals surface area contributed by atoms with Gasteiger partial charge in [-0.1, -0.05) is 58.9 Å². The molecule has 0 aliphatic carbocycles. The molecule has 3 heteroatoms.